The van der Waals surface area contributed by atoms with Gasteiger partial charge in [0.05, 0.1) is 32.0 Å². The van der Waals surface area contributed by atoms with Crippen LogP contribution in [0.3, 0.4) is 0 Å². The van der Waals surface area contributed by atoms with Crippen molar-refractivity contribution in [1.82, 2.24) is 4.98 Å². The van der Waals surface area contributed by atoms with Crippen molar-refractivity contribution < 1.29 is 14.3 Å². The van der Waals surface area contributed by atoms with E-state index in [2.05, 4.69) is 52.8 Å². The van der Waals surface area contributed by atoms with Crippen LogP contribution in [0.2, 0.25) is 0 Å². The normalized spacial score (nSPS) is 10.9. The first-order valence-electron chi connectivity index (χ1n) is 9.83. The Hall–Kier alpha value is -2.84. The lowest BCUT2D eigenvalue weighted by Gasteiger charge is -2.09. The molecule has 31 heavy (non-hydrogen) atoms. The van der Waals surface area contributed by atoms with Crippen molar-refractivity contribution in [3.05, 3.63) is 70.2 Å². The summed E-state index contributed by atoms with van der Waals surface area (Å²) in [5.41, 5.74) is 6.89. The molecule has 0 saturated heterocycles. The molecular formula is C23H25N3O3S2. The van der Waals surface area contributed by atoms with E-state index in [1.54, 1.807) is 32.0 Å². The van der Waals surface area contributed by atoms with Crippen LogP contribution in [0.4, 0.5) is 5.13 Å². The molecule has 0 atom stereocenters. The summed E-state index contributed by atoms with van der Waals surface area (Å²) < 4.78 is 10.5. The Bertz CT molecular complexity index is 1030. The average molecular weight is 456 g/mol. The van der Waals surface area contributed by atoms with Crippen molar-refractivity contribution in [2.45, 2.75) is 30.9 Å². The summed E-state index contributed by atoms with van der Waals surface area (Å²) in [5, 5.41) is 6.72. The number of hydrazone groups is 1. The van der Waals surface area contributed by atoms with Crippen LogP contribution in [0.15, 0.2) is 57.8 Å². The van der Waals surface area contributed by atoms with Gasteiger partial charge in [-0.2, -0.15) is 5.10 Å². The number of aromatic nitrogens is 1. The second-order valence-electron chi connectivity index (χ2n) is 6.67. The fourth-order valence-electron chi connectivity index (χ4n) is 2.75. The van der Waals surface area contributed by atoms with Gasteiger partial charge in [-0.3, -0.25) is 10.2 Å². The van der Waals surface area contributed by atoms with Crippen molar-refractivity contribution in [2.24, 2.45) is 5.10 Å². The Balaban J connectivity index is 1.60. The lowest BCUT2D eigenvalue weighted by molar-refractivity contribution is -0.142. The number of carbonyl (C=O) groups is 1. The molecule has 0 radical (unpaired) electrons. The maximum atomic E-state index is 11.5. The van der Waals surface area contributed by atoms with Crippen molar-refractivity contribution in [2.75, 3.05) is 19.1 Å². The molecule has 2 aromatic carbocycles. The molecule has 0 spiro atoms. The number of nitrogens with one attached hydrogen (secondary N) is 1. The molecule has 0 amide bonds. The first-order chi connectivity index (χ1) is 15.1. The van der Waals surface area contributed by atoms with Gasteiger partial charge in [0, 0.05) is 21.6 Å². The van der Waals surface area contributed by atoms with Crippen LogP contribution in [0, 0.1) is 6.92 Å². The first-order valence-corrected chi connectivity index (χ1v) is 11.7. The number of rotatable bonds is 10. The molecule has 1 aromatic heterocycles. The van der Waals surface area contributed by atoms with Crippen molar-refractivity contribution in [3.63, 3.8) is 0 Å². The maximum absolute atomic E-state index is 11.5. The molecule has 0 saturated carbocycles. The summed E-state index contributed by atoms with van der Waals surface area (Å²) in [4.78, 5) is 17.1. The van der Waals surface area contributed by atoms with Crippen LogP contribution in [-0.4, -0.2) is 30.9 Å². The van der Waals surface area contributed by atoms with E-state index in [0.717, 1.165) is 22.6 Å². The summed E-state index contributed by atoms with van der Waals surface area (Å²) in [6.07, 6.45) is 1.90. The first kappa shape index (κ1) is 22.8. The van der Waals surface area contributed by atoms with Crippen molar-refractivity contribution in [1.29, 1.82) is 0 Å². The molecule has 1 N–H and O–H groups in total. The van der Waals surface area contributed by atoms with Crippen LogP contribution in [0.5, 0.6) is 5.75 Å². The minimum atomic E-state index is -0.280. The maximum Gasteiger partial charge on any atom is 0.311 e. The largest absolute Gasteiger partial charge is 0.496 e. The van der Waals surface area contributed by atoms with Gasteiger partial charge >= 0.3 is 5.97 Å². The fourth-order valence-corrected chi connectivity index (χ4v) is 4.28. The molecule has 0 aliphatic carbocycles. The van der Waals surface area contributed by atoms with Crippen LogP contribution < -0.4 is 10.2 Å². The number of thioether (sulfide) groups is 1. The van der Waals surface area contributed by atoms with Gasteiger partial charge in [-0.15, -0.1) is 23.1 Å². The van der Waals surface area contributed by atoms with Crippen LogP contribution >= 0.6 is 23.1 Å². The molecule has 162 valence electrons. The Labute approximate surface area is 190 Å². The lowest BCUT2D eigenvalue weighted by atomic mass is 10.1. The standard InChI is InChI=1S/C23H25N3O3S2/c1-4-29-22(27)12-19-15-31-23(25-19)26-24-13-17-7-10-21(28-3)18(11-17)14-30-20-8-5-16(2)6-9-20/h5-11,13,15H,4,12,14H2,1-3H3,(H,25,26). The molecule has 3 aromatic rings. The van der Waals surface area contributed by atoms with E-state index in [0.29, 0.717) is 17.4 Å². The second kappa shape index (κ2) is 11.5. The molecule has 6 nitrogen and oxygen atoms in total. The number of ether oxygens (including phenoxy) is 2. The van der Waals surface area contributed by atoms with Gasteiger partial charge in [0.1, 0.15) is 5.75 Å². The third-order valence-electron chi connectivity index (χ3n) is 4.28. The number of hydrogen-bond acceptors (Lipinski definition) is 8. The number of hydrogen-bond donors (Lipinski definition) is 1. The van der Waals surface area contributed by atoms with Gasteiger partial charge in [0.15, 0.2) is 0 Å². The van der Waals surface area contributed by atoms with Gasteiger partial charge in [-0.25, -0.2) is 4.98 Å². The second-order valence-corrected chi connectivity index (χ2v) is 8.58. The van der Waals surface area contributed by atoms with Crippen molar-refractivity contribution in [3.8, 4) is 5.75 Å². The third-order valence-corrected chi connectivity index (χ3v) is 6.13. The van der Waals surface area contributed by atoms with Gasteiger partial charge in [0.2, 0.25) is 5.13 Å². The molecule has 1 heterocycles. The van der Waals surface area contributed by atoms with Crippen molar-refractivity contribution >= 4 is 40.4 Å². The summed E-state index contributed by atoms with van der Waals surface area (Å²) in [5.74, 6) is 1.37. The van der Waals surface area contributed by atoms with E-state index >= 15 is 0 Å². The highest BCUT2D eigenvalue weighted by Crippen LogP contribution is 2.28. The summed E-state index contributed by atoms with van der Waals surface area (Å²) in [6, 6.07) is 14.5. The van der Waals surface area contributed by atoms with Crippen LogP contribution in [-0.2, 0) is 21.7 Å². The smallest absolute Gasteiger partial charge is 0.311 e. The molecule has 3 rings (SSSR count). The van der Waals surface area contributed by atoms with E-state index < -0.39 is 0 Å². The summed E-state index contributed by atoms with van der Waals surface area (Å²) >= 11 is 3.16. The highest BCUT2D eigenvalue weighted by Gasteiger charge is 2.08. The predicted octanol–water partition coefficient (Wildman–Crippen LogP) is 5.30. The minimum Gasteiger partial charge on any atom is -0.496 e. The van der Waals surface area contributed by atoms with E-state index in [1.807, 2.05) is 17.5 Å². The predicted molar refractivity (Wildman–Crippen MR) is 127 cm³/mol. The topological polar surface area (TPSA) is 72.8 Å². The number of nitrogens with zero attached hydrogens (tertiary/aromatic N) is 2. The number of anilines is 1. The monoisotopic (exact) mass is 455 g/mol. The molecular weight excluding hydrogens is 430 g/mol. The zero-order valence-corrected chi connectivity index (χ0v) is 19.4. The van der Waals surface area contributed by atoms with Gasteiger partial charge in [-0.05, 0) is 49.7 Å². The SMILES string of the molecule is CCOC(=O)Cc1csc(NN=Cc2ccc(OC)c(CSc3ccc(C)cc3)c2)n1. The molecule has 0 aliphatic heterocycles. The van der Waals surface area contributed by atoms with Crippen LogP contribution in [0.25, 0.3) is 0 Å². The molecule has 0 aliphatic rings. The highest BCUT2D eigenvalue weighted by molar-refractivity contribution is 7.98. The van der Waals surface area contributed by atoms with E-state index in [-0.39, 0.29) is 12.4 Å². The fraction of sp³-hybridized carbons (Fsp3) is 0.261. The van der Waals surface area contributed by atoms with E-state index in [9.17, 15) is 4.79 Å². The van der Waals surface area contributed by atoms with Crippen LogP contribution in [0.1, 0.15) is 29.3 Å². The van der Waals surface area contributed by atoms with Gasteiger partial charge in [0.25, 0.3) is 0 Å². The molecule has 8 heteroatoms. The Morgan fingerprint density at radius 3 is 2.81 bits per heavy atom. The molecule has 0 fully saturated rings. The van der Waals surface area contributed by atoms with E-state index in [4.69, 9.17) is 9.47 Å². The summed E-state index contributed by atoms with van der Waals surface area (Å²) in [6.45, 7) is 4.24. The molecule has 0 unspecified atom stereocenters. The minimum absolute atomic E-state index is 0.163. The number of benzene rings is 2. The Morgan fingerprint density at radius 1 is 1.26 bits per heavy atom. The molecule has 0 bridgehead atoms. The third kappa shape index (κ3) is 7.11. The lowest BCUT2D eigenvalue weighted by Crippen LogP contribution is -2.07. The number of esters is 1. The summed E-state index contributed by atoms with van der Waals surface area (Å²) in [7, 11) is 1.68. The van der Waals surface area contributed by atoms with Gasteiger partial charge < -0.3 is 9.47 Å². The number of aryl methyl sites for hydroxylation is 1. The number of thiazole rings is 1. The number of carbonyl (C=O) groups excluding carboxylic acids is 1. The van der Waals surface area contributed by atoms with Gasteiger partial charge in [-0.1, -0.05) is 17.7 Å². The zero-order chi connectivity index (χ0) is 22.1. The zero-order valence-electron chi connectivity index (χ0n) is 17.8. The Morgan fingerprint density at radius 2 is 2.06 bits per heavy atom. The Kier molecular flexibility index (Phi) is 8.49. The quantitative estimate of drug-likeness (QED) is 0.193. The highest BCUT2D eigenvalue weighted by atomic mass is 32.2. The number of methoxy groups -OCH3 is 1. The van der Waals surface area contributed by atoms with E-state index in [1.165, 1.54) is 21.8 Å². The average Bonchev–Trinajstić information content (AvgIpc) is 3.20.